The van der Waals surface area contributed by atoms with E-state index >= 15 is 0 Å². The zero-order chi connectivity index (χ0) is 66.8. The van der Waals surface area contributed by atoms with Crippen molar-refractivity contribution < 1.29 is 42.9 Å². The standard InChI is InChI=1S/C83H161NO8/c1-6-8-10-12-14-16-18-20-22-24-26-28-30-32-34-36-38-39-40-41-42-44-45-47-49-51-53-55-57-59-61-63-65-67-69-71-73-80(85)90-77-79(78-91-83(82(87)88)89-76-75-84(3,4)5)92-81(86)74-72-70-68-66-64-62-60-58-56-54-52-50-48-46-43-37-35-33-31-29-27-25-23-21-19-17-15-13-11-9-7-2/h25,27,79,83H,6-24,26,28-78H2,1-5H3/p+1/b27-25-. The van der Waals surface area contributed by atoms with Crippen molar-refractivity contribution in [3.8, 4) is 0 Å². The van der Waals surface area contributed by atoms with Crippen molar-refractivity contribution in [2.24, 2.45) is 0 Å². The van der Waals surface area contributed by atoms with Gasteiger partial charge in [0.2, 0.25) is 0 Å². The van der Waals surface area contributed by atoms with Crippen LogP contribution in [0.15, 0.2) is 12.2 Å². The summed E-state index contributed by atoms with van der Waals surface area (Å²) in [6.45, 7) is 4.98. The predicted molar refractivity (Wildman–Crippen MR) is 397 cm³/mol. The van der Waals surface area contributed by atoms with Crippen LogP contribution < -0.4 is 0 Å². The smallest absolute Gasteiger partial charge is 0.361 e. The van der Waals surface area contributed by atoms with Crippen LogP contribution in [0.5, 0.6) is 0 Å². The molecule has 546 valence electrons. The first kappa shape index (κ1) is 90.0. The van der Waals surface area contributed by atoms with Crippen LogP contribution in [-0.4, -0.2) is 87.4 Å². The number of carboxylic acids is 1. The van der Waals surface area contributed by atoms with Crippen molar-refractivity contribution in [2.75, 3.05) is 47.5 Å². The fourth-order valence-corrected chi connectivity index (χ4v) is 13.0. The van der Waals surface area contributed by atoms with E-state index in [0.29, 0.717) is 17.4 Å². The molecule has 0 rings (SSSR count). The minimum absolute atomic E-state index is 0.173. The van der Waals surface area contributed by atoms with Gasteiger partial charge in [-0.15, -0.1) is 0 Å². The lowest BCUT2D eigenvalue weighted by atomic mass is 10.0. The van der Waals surface area contributed by atoms with E-state index in [0.717, 1.165) is 38.5 Å². The zero-order valence-corrected chi connectivity index (χ0v) is 62.8. The number of unbranched alkanes of at least 4 members (excludes halogenated alkanes) is 62. The topological polar surface area (TPSA) is 108 Å². The largest absolute Gasteiger partial charge is 0.477 e. The summed E-state index contributed by atoms with van der Waals surface area (Å²) in [7, 11) is 6.00. The molecule has 0 fully saturated rings. The fourth-order valence-electron chi connectivity index (χ4n) is 13.0. The van der Waals surface area contributed by atoms with Crippen molar-refractivity contribution in [2.45, 2.75) is 456 Å². The second kappa shape index (κ2) is 74.8. The molecule has 0 saturated heterocycles. The summed E-state index contributed by atoms with van der Waals surface area (Å²) in [6.07, 6.45) is 91.0. The number of allylic oxidation sites excluding steroid dienone is 2. The van der Waals surface area contributed by atoms with E-state index in [4.69, 9.17) is 18.9 Å². The highest BCUT2D eigenvalue weighted by Crippen LogP contribution is 2.21. The molecule has 0 aliphatic carbocycles. The number of esters is 2. The van der Waals surface area contributed by atoms with Gasteiger partial charge in [-0.05, 0) is 38.5 Å². The summed E-state index contributed by atoms with van der Waals surface area (Å²) in [6, 6.07) is 0. The van der Waals surface area contributed by atoms with Crippen LogP contribution in [0.4, 0.5) is 0 Å². The van der Waals surface area contributed by atoms with Gasteiger partial charge in [-0.1, -0.05) is 405 Å². The van der Waals surface area contributed by atoms with Gasteiger partial charge in [0.25, 0.3) is 6.29 Å². The lowest BCUT2D eigenvalue weighted by Gasteiger charge is -2.25. The quantitative estimate of drug-likeness (QED) is 0.0211. The molecule has 2 unspecified atom stereocenters. The number of aliphatic carboxylic acids is 1. The Balaban J connectivity index is 3.93. The van der Waals surface area contributed by atoms with Crippen LogP contribution in [0.25, 0.3) is 0 Å². The molecule has 0 amide bonds. The third-order valence-corrected chi connectivity index (χ3v) is 19.3. The number of carbonyl (C=O) groups is 3. The Morgan fingerprint density at radius 1 is 0.315 bits per heavy atom. The lowest BCUT2D eigenvalue weighted by Crippen LogP contribution is -2.40. The van der Waals surface area contributed by atoms with Crippen molar-refractivity contribution in [1.29, 1.82) is 0 Å². The molecule has 92 heavy (non-hydrogen) atoms. The maximum Gasteiger partial charge on any atom is 0.361 e. The molecule has 0 spiro atoms. The number of hydrogen-bond donors (Lipinski definition) is 1. The highest BCUT2D eigenvalue weighted by molar-refractivity contribution is 5.71. The van der Waals surface area contributed by atoms with Crippen molar-refractivity contribution in [3.05, 3.63) is 12.2 Å². The molecule has 0 radical (unpaired) electrons. The average Bonchev–Trinajstić information content (AvgIpc) is 3.70. The van der Waals surface area contributed by atoms with E-state index in [2.05, 4.69) is 26.0 Å². The van der Waals surface area contributed by atoms with Crippen LogP contribution in [0.2, 0.25) is 0 Å². The molecule has 2 atom stereocenters. The van der Waals surface area contributed by atoms with E-state index in [9.17, 15) is 19.5 Å². The van der Waals surface area contributed by atoms with Gasteiger partial charge in [-0.3, -0.25) is 9.59 Å². The average molecular weight is 1300 g/mol. The Kier molecular flexibility index (Phi) is 73.2. The Bertz CT molecular complexity index is 1510. The van der Waals surface area contributed by atoms with Gasteiger partial charge in [0.1, 0.15) is 13.2 Å². The van der Waals surface area contributed by atoms with E-state index in [1.165, 1.54) is 379 Å². The van der Waals surface area contributed by atoms with Gasteiger partial charge in [0.15, 0.2) is 6.10 Å². The molecule has 0 aromatic rings. The number of carbonyl (C=O) groups excluding carboxylic acids is 2. The van der Waals surface area contributed by atoms with E-state index in [1.807, 2.05) is 21.1 Å². The van der Waals surface area contributed by atoms with Gasteiger partial charge in [-0.2, -0.15) is 0 Å². The van der Waals surface area contributed by atoms with Crippen LogP contribution in [-0.2, 0) is 33.3 Å². The number of hydrogen-bond acceptors (Lipinski definition) is 7. The molecule has 9 heteroatoms. The Morgan fingerprint density at radius 2 is 0.554 bits per heavy atom. The third-order valence-electron chi connectivity index (χ3n) is 19.3. The second-order valence-corrected chi connectivity index (χ2v) is 29.8. The molecule has 0 aromatic heterocycles. The summed E-state index contributed by atoms with van der Waals surface area (Å²) < 4.78 is 23.1. The monoisotopic (exact) mass is 1300 g/mol. The number of quaternary nitrogens is 1. The van der Waals surface area contributed by atoms with Crippen LogP contribution >= 0.6 is 0 Å². The van der Waals surface area contributed by atoms with Crippen LogP contribution in [0.1, 0.15) is 444 Å². The molecule has 0 bridgehead atoms. The predicted octanol–water partition coefficient (Wildman–Crippen LogP) is 26.3. The summed E-state index contributed by atoms with van der Waals surface area (Å²) in [5, 5.41) is 9.78. The van der Waals surface area contributed by atoms with Crippen molar-refractivity contribution >= 4 is 17.9 Å². The molecule has 0 aromatic carbocycles. The third kappa shape index (κ3) is 75.4. The van der Waals surface area contributed by atoms with Gasteiger partial charge >= 0.3 is 17.9 Å². The van der Waals surface area contributed by atoms with E-state index < -0.39 is 18.4 Å². The van der Waals surface area contributed by atoms with Gasteiger partial charge < -0.3 is 28.5 Å². The number of ether oxygens (including phenoxy) is 4. The summed E-state index contributed by atoms with van der Waals surface area (Å²) in [4.78, 5) is 37.7. The van der Waals surface area contributed by atoms with E-state index in [1.54, 1.807) is 0 Å². The first-order chi connectivity index (χ1) is 45.1. The SMILES string of the molecule is CCCCCCCCCC/C=C\CCCCCCCCCCCCCCCCCCCCCC(=O)OC(COC(=O)CCCCCCCCCCCCCCCCCCCCCCCCCCCCCCCCCCCCCC)COC(OCC[N+](C)(C)C)C(=O)O. The maximum atomic E-state index is 13.0. The highest BCUT2D eigenvalue weighted by atomic mass is 16.7. The van der Waals surface area contributed by atoms with Gasteiger partial charge in [0.05, 0.1) is 34.4 Å². The molecular weight excluding hydrogens is 1140 g/mol. The fraction of sp³-hybridized carbons (Fsp3) is 0.940. The van der Waals surface area contributed by atoms with Crippen LogP contribution in [0, 0.1) is 0 Å². The lowest BCUT2D eigenvalue weighted by molar-refractivity contribution is -0.870. The normalized spacial score (nSPS) is 12.6. The molecule has 0 aliphatic rings. The first-order valence-corrected chi connectivity index (χ1v) is 41.4. The highest BCUT2D eigenvalue weighted by Gasteiger charge is 2.25. The minimum Gasteiger partial charge on any atom is -0.477 e. The number of rotatable bonds is 79. The second-order valence-electron chi connectivity index (χ2n) is 29.8. The van der Waals surface area contributed by atoms with Gasteiger partial charge in [-0.25, -0.2) is 4.79 Å². The minimum atomic E-state index is -1.51. The molecular formula is C83H162NO8+. The molecule has 0 heterocycles. The molecule has 0 saturated carbocycles. The summed E-state index contributed by atoms with van der Waals surface area (Å²) in [5.74, 6) is -1.96. The zero-order valence-electron chi connectivity index (χ0n) is 62.8. The van der Waals surface area contributed by atoms with E-state index in [-0.39, 0.29) is 38.2 Å². The summed E-state index contributed by atoms with van der Waals surface area (Å²) >= 11 is 0. The van der Waals surface area contributed by atoms with Crippen molar-refractivity contribution in [1.82, 2.24) is 0 Å². The Hall–Kier alpha value is -1.97. The number of nitrogens with zero attached hydrogens (tertiary/aromatic N) is 1. The maximum absolute atomic E-state index is 13.0. The first-order valence-electron chi connectivity index (χ1n) is 41.4. The number of carboxylic acid groups (broad SMARTS) is 1. The van der Waals surface area contributed by atoms with Gasteiger partial charge in [0, 0.05) is 12.8 Å². The molecule has 0 aliphatic heterocycles. The van der Waals surface area contributed by atoms with Crippen LogP contribution in [0.3, 0.4) is 0 Å². The Labute approximate surface area is 574 Å². The number of likely N-dealkylation sites (N-methyl/N-ethyl adjacent to an activating group) is 1. The Morgan fingerprint density at radius 3 is 0.804 bits per heavy atom. The molecule has 9 nitrogen and oxygen atoms in total. The van der Waals surface area contributed by atoms with Crippen molar-refractivity contribution in [3.63, 3.8) is 0 Å². The molecule has 1 N–H and O–H groups in total. The summed E-state index contributed by atoms with van der Waals surface area (Å²) in [5.41, 5.74) is 0.